The Morgan fingerprint density at radius 3 is 0.800 bits per heavy atom. The summed E-state index contributed by atoms with van der Waals surface area (Å²) < 4.78 is 22.3. The molecule has 1 heterocycles. The van der Waals surface area contributed by atoms with Crippen molar-refractivity contribution in [1.29, 1.82) is 0 Å². The fraction of sp³-hybridized carbons (Fsp3) is 0.0952. The average Bonchev–Trinajstić information content (AvgIpc) is 3.20. The SMILES string of the molecule is COc1cccc(-c2cccc(-c3cccc(OC)c3)c2-c2nnc(-c3c(-c4cccc(OC)c4)cccc3-c3cccc(OC)c3)nn2)c1. The molecular weight excluding hydrogens is 624 g/mol. The number of benzene rings is 6. The summed E-state index contributed by atoms with van der Waals surface area (Å²) in [5.74, 6) is 3.73. The van der Waals surface area contributed by atoms with E-state index in [0.29, 0.717) is 11.6 Å². The van der Waals surface area contributed by atoms with Crippen LogP contribution in [0.4, 0.5) is 0 Å². The van der Waals surface area contributed by atoms with Gasteiger partial charge in [0.2, 0.25) is 11.6 Å². The summed E-state index contributed by atoms with van der Waals surface area (Å²) in [6.07, 6.45) is 0. The molecule has 0 amide bonds. The second kappa shape index (κ2) is 14.3. The molecule has 0 atom stereocenters. The van der Waals surface area contributed by atoms with Crippen molar-refractivity contribution in [2.45, 2.75) is 0 Å². The van der Waals surface area contributed by atoms with Crippen molar-refractivity contribution in [2.24, 2.45) is 0 Å². The minimum atomic E-state index is 0.381. The maximum absolute atomic E-state index is 5.57. The molecule has 0 aliphatic rings. The van der Waals surface area contributed by atoms with Crippen molar-refractivity contribution in [1.82, 2.24) is 20.4 Å². The Kier molecular flexibility index (Phi) is 9.16. The molecule has 0 spiro atoms. The maximum atomic E-state index is 5.57. The third-order valence-corrected chi connectivity index (χ3v) is 8.58. The molecule has 0 aliphatic heterocycles. The summed E-state index contributed by atoms with van der Waals surface area (Å²) in [4.78, 5) is 0. The van der Waals surface area contributed by atoms with Gasteiger partial charge < -0.3 is 18.9 Å². The highest BCUT2D eigenvalue weighted by atomic mass is 16.5. The Balaban J connectivity index is 1.44. The average molecular weight is 659 g/mol. The van der Waals surface area contributed by atoms with Gasteiger partial charge in [-0.25, -0.2) is 0 Å². The third-order valence-electron chi connectivity index (χ3n) is 8.58. The topological polar surface area (TPSA) is 88.5 Å². The number of nitrogens with zero attached hydrogens (tertiary/aromatic N) is 4. The van der Waals surface area contributed by atoms with E-state index in [1.807, 2.05) is 133 Å². The number of hydrogen-bond acceptors (Lipinski definition) is 8. The van der Waals surface area contributed by atoms with Crippen LogP contribution in [-0.4, -0.2) is 48.8 Å². The van der Waals surface area contributed by atoms with Gasteiger partial charge in [0.25, 0.3) is 0 Å². The lowest BCUT2D eigenvalue weighted by Gasteiger charge is -2.17. The number of rotatable bonds is 10. The van der Waals surface area contributed by atoms with Crippen LogP contribution in [0.5, 0.6) is 23.0 Å². The van der Waals surface area contributed by atoms with Crippen molar-refractivity contribution in [3.8, 4) is 90.3 Å². The number of ether oxygens (including phenoxy) is 4. The molecule has 6 aromatic carbocycles. The molecule has 7 aromatic rings. The van der Waals surface area contributed by atoms with Gasteiger partial charge in [0.15, 0.2) is 0 Å². The molecule has 50 heavy (non-hydrogen) atoms. The van der Waals surface area contributed by atoms with E-state index in [0.717, 1.165) is 78.6 Å². The zero-order valence-electron chi connectivity index (χ0n) is 28.1. The van der Waals surface area contributed by atoms with Gasteiger partial charge in [-0.15, -0.1) is 20.4 Å². The van der Waals surface area contributed by atoms with Gasteiger partial charge in [0, 0.05) is 11.1 Å². The fourth-order valence-corrected chi connectivity index (χ4v) is 6.14. The van der Waals surface area contributed by atoms with Crippen LogP contribution in [0.1, 0.15) is 0 Å². The summed E-state index contributed by atoms with van der Waals surface area (Å²) in [5.41, 5.74) is 9.00. The first-order chi connectivity index (χ1) is 24.6. The van der Waals surface area contributed by atoms with E-state index in [4.69, 9.17) is 39.3 Å². The largest absolute Gasteiger partial charge is 0.497 e. The molecule has 246 valence electrons. The van der Waals surface area contributed by atoms with E-state index in [1.54, 1.807) is 28.4 Å². The van der Waals surface area contributed by atoms with Gasteiger partial charge in [-0.05, 0) is 93.0 Å². The predicted molar refractivity (Wildman–Crippen MR) is 196 cm³/mol. The lowest BCUT2D eigenvalue weighted by Crippen LogP contribution is -2.04. The first kappa shape index (κ1) is 32.0. The number of hydrogen-bond donors (Lipinski definition) is 0. The monoisotopic (exact) mass is 658 g/mol. The zero-order chi connectivity index (χ0) is 34.5. The molecule has 0 saturated carbocycles. The Labute approximate surface area is 291 Å². The lowest BCUT2D eigenvalue weighted by molar-refractivity contribution is 0.415. The Morgan fingerprint density at radius 2 is 0.560 bits per heavy atom. The van der Waals surface area contributed by atoms with Crippen LogP contribution in [0.3, 0.4) is 0 Å². The molecular formula is C42H34N4O4. The predicted octanol–water partition coefficient (Wildman–Crippen LogP) is 9.30. The van der Waals surface area contributed by atoms with Crippen molar-refractivity contribution in [2.75, 3.05) is 28.4 Å². The summed E-state index contributed by atoms with van der Waals surface area (Å²) in [5, 5.41) is 19.1. The van der Waals surface area contributed by atoms with Gasteiger partial charge in [-0.1, -0.05) is 84.9 Å². The normalized spacial score (nSPS) is 10.8. The van der Waals surface area contributed by atoms with Crippen molar-refractivity contribution in [3.63, 3.8) is 0 Å². The number of aromatic nitrogens is 4. The summed E-state index contributed by atoms with van der Waals surface area (Å²) in [6, 6.07) is 43.9. The van der Waals surface area contributed by atoms with Gasteiger partial charge in [0.05, 0.1) is 28.4 Å². The third kappa shape index (κ3) is 6.34. The van der Waals surface area contributed by atoms with E-state index in [9.17, 15) is 0 Å². The molecule has 8 nitrogen and oxygen atoms in total. The van der Waals surface area contributed by atoms with Crippen LogP contribution in [0.2, 0.25) is 0 Å². The fourth-order valence-electron chi connectivity index (χ4n) is 6.14. The van der Waals surface area contributed by atoms with E-state index in [1.165, 1.54) is 0 Å². The summed E-state index contributed by atoms with van der Waals surface area (Å²) >= 11 is 0. The van der Waals surface area contributed by atoms with Crippen LogP contribution in [0, 0.1) is 0 Å². The molecule has 0 aliphatic carbocycles. The van der Waals surface area contributed by atoms with Crippen molar-refractivity contribution >= 4 is 0 Å². The molecule has 7 rings (SSSR count). The minimum Gasteiger partial charge on any atom is -0.497 e. The first-order valence-electron chi connectivity index (χ1n) is 16.0. The minimum absolute atomic E-state index is 0.381. The van der Waals surface area contributed by atoms with Crippen LogP contribution < -0.4 is 18.9 Å². The molecule has 0 radical (unpaired) electrons. The Morgan fingerprint density at radius 1 is 0.320 bits per heavy atom. The second-order valence-electron chi connectivity index (χ2n) is 11.4. The molecule has 0 fully saturated rings. The molecule has 1 aromatic heterocycles. The van der Waals surface area contributed by atoms with Gasteiger partial charge in [0.1, 0.15) is 23.0 Å². The van der Waals surface area contributed by atoms with Crippen LogP contribution in [0.25, 0.3) is 67.3 Å². The van der Waals surface area contributed by atoms with Gasteiger partial charge in [-0.2, -0.15) is 0 Å². The van der Waals surface area contributed by atoms with Crippen molar-refractivity contribution in [3.05, 3.63) is 133 Å². The molecule has 0 saturated heterocycles. The summed E-state index contributed by atoms with van der Waals surface area (Å²) in [6.45, 7) is 0. The molecule has 0 N–H and O–H groups in total. The maximum Gasteiger partial charge on any atom is 0.204 e. The molecule has 8 heteroatoms. The van der Waals surface area contributed by atoms with E-state index < -0.39 is 0 Å². The second-order valence-corrected chi connectivity index (χ2v) is 11.4. The first-order valence-corrected chi connectivity index (χ1v) is 16.0. The van der Waals surface area contributed by atoms with Gasteiger partial charge >= 0.3 is 0 Å². The standard InChI is InChI=1S/C42H34N4O4/c1-47-31-15-5-11-27(23-31)35-19-9-20-36(28-12-6-16-32(24-28)48-2)39(35)41-43-45-42(46-44-41)40-37(29-13-7-17-33(25-29)49-3)21-10-22-38(40)30-14-8-18-34(26-30)50-4/h5-26H,1-4H3. The summed E-state index contributed by atoms with van der Waals surface area (Å²) in [7, 11) is 6.63. The number of methoxy groups -OCH3 is 4. The highest BCUT2D eigenvalue weighted by Crippen LogP contribution is 2.42. The highest BCUT2D eigenvalue weighted by molar-refractivity contribution is 5.94. The van der Waals surface area contributed by atoms with Crippen LogP contribution in [-0.2, 0) is 0 Å². The zero-order valence-corrected chi connectivity index (χ0v) is 28.1. The quantitative estimate of drug-likeness (QED) is 0.144. The molecule has 0 bridgehead atoms. The van der Waals surface area contributed by atoms with Gasteiger partial charge in [-0.3, -0.25) is 0 Å². The lowest BCUT2D eigenvalue weighted by atomic mass is 9.91. The molecule has 0 unspecified atom stereocenters. The van der Waals surface area contributed by atoms with E-state index >= 15 is 0 Å². The Bertz CT molecular complexity index is 2000. The van der Waals surface area contributed by atoms with E-state index in [2.05, 4.69) is 0 Å². The van der Waals surface area contributed by atoms with Crippen LogP contribution >= 0.6 is 0 Å². The smallest absolute Gasteiger partial charge is 0.204 e. The van der Waals surface area contributed by atoms with Crippen LogP contribution in [0.15, 0.2) is 133 Å². The van der Waals surface area contributed by atoms with E-state index in [-0.39, 0.29) is 0 Å². The Hall–Kier alpha value is -6.54. The van der Waals surface area contributed by atoms with Crippen molar-refractivity contribution < 1.29 is 18.9 Å². The highest BCUT2D eigenvalue weighted by Gasteiger charge is 2.22.